The lowest BCUT2D eigenvalue weighted by atomic mass is 9.94. The van der Waals surface area contributed by atoms with E-state index in [1.807, 2.05) is 0 Å². The van der Waals surface area contributed by atoms with Crippen molar-refractivity contribution in [1.29, 1.82) is 0 Å². The molecule has 9 heteroatoms. The maximum absolute atomic E-state index is 13.6. The maximum Gasteiger partial charge on any atom is 0.573 e. The molecule has 0 heterocycles. The molecule has 0 radical (unpaired) electrons. The van der Waals surface area contributed by atoms with Crippen molar-refractivity contribution in [3.8, 4) is 16.9 Å². The van der Waals surface area contributed by atoms with Crippen LogP contribution in [-0.4, -0.2) is 18.9 Å². The molecule has 0 atom stereocenters. The molecule has 0 aliphatic rings. The first-order valence-corrected chi connectivity index (χ1v) is 7.27. The Balaban J connectivity index is 2.72. The normalized spacial score (nSPS) is 12.0. The Kier molecular flexibility index (Phi) is 5.48. The smallest absolute Gasteiger partial charge is 0.462 e. The van der Waals surface area contributed by atoms with Crippen LogP contribution in [0.2, 0.25) is 0 Å². The highest BCUT2D eigenvalue weighted by Gasteiger charge is 2.40. The summed E-state index contributed by atoms with van der Waals surface area (Å²) in [5.41, 5.74) is -3.26. The summed E-state index contributed by atoms with van der Waals surface area (Å²) in [4.78, 5) is 11.9. The standard InChI is InChI=1S/C17H12F6O3/c1-2-25-15(24)12-8-5-7-11(14(12)16(18,19)20)10-6-3-4-9-13(10)26-17(21,22)23/h3-9H,2H2,1H3. The van der Waals surface area contributed by atoms with Crippen molar-refractivity contribution in [2.24, 2.45) is 0 Å². The van der Waals surface area contributed by atoms with Gasteiger partial charge >= 0.3 is 18.5 Å². The van der Waals surface area contributed by atoms with Crippen molar-refractivity contribution in [1.82, 2.24) is 0 Å². The fourth-order valence-electron chi connectivity index (χ4n) is 2.36. The molecule has 2 aromatic rings. The van der Waals surface area contributed by atoms with Crippen LogP contribution >= 0.6 is 0 Å². The Morgan fingerprint density at radius 3 is 2.12 bits per heavy atom. The minimum atomic E-state index is -5.09. The Hall–Kier alpha value is -2.71. The minimum Gasteiger partial charge on any atom is -0.462 e. The molecular formula is C17H12F6O3. The van der Waals surface area contributed by atoms with Crippen LogP contribution in [0.15, 0.2) is 42.5 Å². The number of halogens is 6. The highest BCUT2D eigenvalue weighted by molar-refractivity contribution is 5.94. The van der Waals surface area contributed by atoms with Crippen molar-refractivity contribution >= 4 is 5.97 Å². The lowest BCUT2D eigenvalue weighted by molar-refractivity contribution is -0.274. The van der Waals surface area contributed by atoms with Gasteiger partial charge in [-0.1, -0.05) is 30.3 Å². The van der Waals surface area contributed by atoms with Crippen LogP contribution in [0.3, 0.4) is 0 Å². The number of esters is 1. The first-order valence-electron chi connectivity index (χ1n) is 7.27. The van der Waals surface area contributed by atoms with Crippen LogP contribution < -0.4 is 4.74 Å². The van der Waals surface area contributed by atoms with E-state index in [1.165, 1.54) is 19.1 Å². The van der Waals surface area contributed by atoms with Gasteiger partial charge in [0, 0.05) is 5.56 Å². The van der Waals surface area contributed by atoms with Gasteiger partial charge in [0.2, 0.25) is 0 Å². The zero-order chi connectivity index (χ0) is 19.5. The molecule has 0 fully saturated rings. The van der Waals surface area contributed by atoms with Gasteiger partial charge in [0.05, 0.1) is 17.7 Å². The zero-order valence-corrected chi connectivity index (χ0v) is 13.2. The third-order valence-corrected chi connectivity index (χ3v) is 3.25. The largest absolute Gasteiger partial charge is 0.573 e. The van der Waals surface area contributed by atoms with E-state index in [4.69, 9.17) is 0 Å². The van der Waals surface area contributed by atoms with Crippen LogP contribution in [0, 0.1) is 0 Å². The van der Waals surface area contributed by atoms with Crippen LogP contribution in [0.25, 0.3) is 11.1 Å². The molecule has 3 nitrogen and oxygen atoms in total. The second kappa shape index (κ2) is 7.27. The molecule has 2 rings (SSSR count). The summed E-state index contributed by atoms with van der Waals surface area (Å²) in [6.07, 6.45) is -10.1. The number of ether oxygens (including phenoxy) is 2. The predicted molar refractivity (Wildman–Crippen MR) is 79.5 cm³/mol. The molecule has 0 saturated heterocycles. The summed E-state index contributed by atoms with van der Waals surface area (Å²) < 4.78 is 86.9. The second-order valence-electron chi connectivity index (χ2n) is 4.99. The molecular weight excluding hydrogens is 366 g/mol. The van der Waals surface area contributed by atoms with Crippen molar-refractivity contribution in [2.75, 3.05) is 6.61 Å². The van der Waals surface area contributed by atoms with E-state index < -0.39 is 46.5 Å². The lowest BCUT2D eigenvalue weighted by Crippen LogP contribution is -2.19. The number of carbonyl (C=O) groups is 1. The minimum absolute atomic E-state index is 0.159. The molecule has 0 aliphatic heterocycles. The van der Waals surface area contributed by atoms with E-state index in [0.717, 1.165) is 30.3 Å². The summed E-state index contributed by atoms with van der Waals surface area (Å²) in [7, 11) is 0. The van der Waals surface area contributed by atoms with Gasteiger partial charge < -0.3 is 9.47 Å². The van der Waals surface area contributed by atoms with Crippen molar-refractivity contribution in [2.45, 2.75) is 19.5 Å². The average molecular weight is 378 g/mol. The predicted octanol–water partition coefficient (Wildman–Crippen LogP) is 5.45. The molecule has 0 unspecified atom stereocenters. The van der Waals surface area contributed by atoms with Crippen LogP contribution in [0.5, 0.6) is 5.75 Å². The van der Waals surface area contributed by atoms with Gasteiger partial charge in [-0.15, -0.1) is 13.2 Å². The van der Waals surface area contributed by atoms with Crippen LogP contribution in [0.4, 0.5) is 26.3 Å². The third kappa shape index (κ3) is 4.47. The van der Waals surface area contributed by atoms with Crippen molar-refractivity contribution in [3.05, 3.63) is 53.6 Å². The number of para-hydroxylation sites is 1. The molecule has 2 aromatic carbocycles. The Morgan fingerprint density at radius 2 is 1.54 bits per heavy atom. The van der Waals surface area contributed by atoms with Gasteiger partial charge in [-0.2, -0.15) is 13.2 Å². The fraction of sp³-hybridized carbons (Fsp3) is 0.235. The first-order chi connectivity index (χ1) is 12.0. The monoisotopic (exact) mass is 378 g/mol. The number of carbonyl (C=O) groups excluding carboxylic acids is 1. The molecule has 0 saturated carbocycles. The second-order valence-corrected chi connectivity index (χ2v) is 4.99. The summed E-state index contributed by atoms with van der Waals surface area (Å²) >= 11 is 0. The van der Waals surface area contributed by atoms with Crippen molar-refractivity contribution in [3.63, 3.8) is 0 Å². The Morgan fingerprint density at radius 1 is 0.923 bits per heavy atom. The van der Waals surface area contributed by atoms with E-state index in [1.54, 1.807) is 0 Å². The molecule has 26 heavy (non-hydrogen) atoms. The van der Waals surface area contributed by atoms with E-state index in [0.29, 0.717) is 0 Å². The molecule has 0 spiro atoms. The molecule has 0 amide bonds. The fourth-order valence-corrected chi connectivity index (χ4v) is 2.36. The quantitative estimate of drug-likeness (QED) is 0.524. The summed E-state index contributed by atoms with van der Waals surface area (Å²) in [5, 5.41) is 0. The van der Waals surface area contributed by atoms with Gasteiger partial charge in [0.1, 0.15) is 5.75 Å². The van der Waals surface area contributed by atoms with E-state index in [2.05, 4.69) is 9.47 Å². The van der Waals surface area contributed by atoms with E-state index in [-0.39, 0.29) is 6.61 Å². The van der Waals surface area contributed by atoms with Gasteiger partial charge in [-0.3, -0.25) is 0 Å². The summed E-state index contributed by atoms with van der Waals surface area (Å²) in [6.45, 7) is 1.26. The van der Waals surface area contributed by atoms with E-state index in [9.17, 15) is 31.1 Å². The number of alkyl halides is 6. The average Bonchev–Trinajstić information content (AvgIpc) is 2.52. The van der Waals surface area contributed by atoms with Gasteiger partial charge in [0.15, 0.2) is 0 Å². The molecule has 0 bridgehead atoms. The zero-order valence-electron chi connectivity index (χ0n) is 13.2. The topological polar surface area (TPSA) is 35.5 Å². The first kappa shape index (κ1) is 19.6. The Labute approximate surface area is 144 Å². The van der Waals surface area contributed by atoms with Gasteiger partial charge in [0.25, 0.3) is 0 Å². The van der Waals surface area contributed by atoms with Gasteiger partial charge in [-0.05, 0) is 24.6 Å². The number of hydrogen-bond acceptors (Lipinski definition) is 3. The maximum atomic E-state index is 13.6. The number of hydrogen-bond donors (Lipinski definition) is 0. The summed E-state index contributed by atoms with van der Waals surface area (Å²) in [6, 6.07) is 7.37. The molecule has 0 aromatic heterocycles. The van der Waals surface area contributed by atoms with Crippen LogP contribution in [-0.2, 0) is 10.9 Å². The van der Waals surface area contributed by atoms with Crippen molar-refractivity contribution < 1.29 is 40.6 Å². The van der Waals surface area contributed by atoms with E-state index >= 15 is 0 Å². The number of benzene rings is 2. The summed E-state index contributed by atoms with van der Waals surface area (Å²) in [5.74, 6) is -2.04. The van der Waals surface area contributed by atoms with Gasteiger partial charge in [-0.25, -0.2) is 4.79 Å². The highest BCUT2D eigenvalue weighted by atomic mass is 19.4. The molecule has 0 N–H and O–H groups in total. The van der Waals surface area contributed by atoms with Crippen LogP contribution in [0.1, 0.15) is 22.8 Å². The Bertz CT molecular complexity index is 796. The SMILES string of the molecule is CCOC(=O)c1cccc(-c2ccccc2OC(F)(F)F)c1C(F)(F)F. The molecule has 0 aliphatic carbocycles. The highest BCUT2D eigenvalue weighted by Crippen LogP contribution is 2.43. The lowest BCUT2D eigenvalue weighted by Gasteiger charge is -2.19. The molecule has 140 valence electrons. The number of rotatable bonds is 4. The third-order valence-electron chi connectivity index (χ3n) is 3.25.